The van der Waals surface area contributed by atoms with Gasteiger partial charge in [-0.15, -0.1) is 0 Å². The maximum Gasteiger partial charge on any atom is 0.416 e. The summed E-state index contributed by atoms with van der Waals surface area (Å²) >= 11 is 0. The smallest absolute Gasteiger partial charge is 0.416 e. The number of aryl methyl sites for hydroxylation is 1. The van der Waals surface area contributed by atoms with Gasteiger partial charge >= 0.3 is 6.18 Å². The van der Waals surface area contributed by atoms with Gasteiger partial charge < -0.3 is 14.2 Å². The van der Waals surface area contributed by atoms with E-state index in [0.29, 0.717) is 36.8 Å². The number of ether oxygens (including phenoxy) is 1. The number of hydrogen-bond donors (Lipinski definition) is 0. The van der Waals surface area contributed by atoms with Crippen LogP contribution in [0.15, 0.2) is 53.9 Å². The van der Waals surface area contributed by atoms with Gasteiger partial charge in [-0.25, -0.2) is 9.97 Å². The molecule has 6 nitrogen and oxygen atoms in total. The number of aliphatic imine (C=N–C) groups is 1. The molecule has 4 heterocycles. The van der Waals surface area contributed by atoms with Crippen molar-refractivity contribution in [2.45, 2.75) is 31.5 Å². The van der Waals surface area contributed by atoms with Crippen LogP contribution in [0, 0.1) is 6.92 Å². The van der Waals surface area contributed by atoms with Crippen molar-refractivity contribution in [2.24, 2.45) is 4.99 Å². The van der Waals surface area contributed by atoms with Crippen LogP contribution in [-0.4, -0.2) is 45.5 Å². The Kier molecular flexibility index (Phi) is 4.91. The van der Waals surface area contributed by atoms with Crippen molar-refractivity contribution in [1.82, 2.24) is 19.4 Å². The Labute approximate surface area is 183 Å². The minimum atomic E-state index is -4.39. The van der Waals surface area contributed by atoms with Crippen LogP contribution in [0.2, 0.25) is 0 Å². The van der Waals surface area contributed by atoms with Crippen molar-refractivity contribution in [1.29, 1.82) is 0 Å². The monoisotopic (exact) mass is 441 g/mol. The Bertz CT molecular complexity index is 1190. The highest BCUT2D eigenvalue weighted by atomic mass is 19.4. The number of imidazole rings is 1. The van der Waals surface area contributed by atoms with E-state index in [-0.39, 0.29) is 12.0 Å². The van der Waals surface area contributed by atoms with E-state index in [1.807, 2.05) is 29.8 Å². The van der Waals surface area contributed by atoms with Gasteiger partial charge in [-0.05, 0) is 37.1 Å². The molecule has 1 fully saturated rings. The fourth-order valence-electron chi connectivity index (χ4n) is 4.56. The zero-order valence-electron chi connectivity index (χ0n) is 17.7. The second kappa shape index (κ2) is 7.65. The predicted molar refractivity (Wildman–Crippen MR) is 113 cm³/mol. The van der Waals surface area contributed by atoms with Crippen LogP contribution in [0.25, 0.3) is 5.69 Å². The number of amidine groups is 1. The predicted octanol–water partition coefficient (Wildman–Crippen LogP) is 4.55. The summed E-state index contributed by atoms with van der Waals surface area (Å²) in [4.78, 5) is 15.8. The molecule has 2 aliphatic heterocycles. The molecule has 32 heavy (non-hydrogen) atoms. The first-order valence-electron chi connectivity index (χ1n) is 10.4. The Morgan fingerprint density at radius 2 is 1.94 bits per heavy atom. The molecule has 0 saturated carbocycles. The summed E-state index contributed by atoms with van der Waals surface area (Å²) in [5, 5.41) is 0. The number of hydrogen-bond acceptors (Lipinski definition) is 5. The number of aromatic nitrogens is 3. The second-order valence-electron chi connectivity index (χ2n) is 8.06. The number of alkyl halides is 3. The summed E-state index contributed by atoms with van der Waals surface area (Å²) in [6.45, 7) is 3.18. The number of rotatable bonds is 4. The number of halogens is 3. The molecule has 2 aliphatic rings. The maximum atomic E-state index is 13.6. The Balaban J connectivity index is 1.47. The van der Waals surface area contributed by atoms with E-state index >= 15 is 0 Å². The zero-order chi connectivity index (χ0) is 22.5. The third kappa shape index (κ3) is 3.51. The number of fused-ring (bicyclic) bond motifs is 1. The molecule has 5 rings (SSSR count). The van der Waals surface area contributed by atoms with Crippen molar-refractivity contribution in [3.63, 3.8) is 0 Å². The van der Waals surface area contributed by atoms with E-state index in [4.69, 9.17) is 9.73 Å². The van der Waals surface area contributed by atoms with E-state index in [2.05, 4.69) is 14.9 Å². The summed E-state index contributed by atoms with van der Waals surface area (Å²) in [7, 11) is 1.56. The first-order valence-corrected chi connectivity index (χ1v) is 10.4. The molecule has 0 amide bonds. The molecule has 0 N–H and O–H groups in total. The molecular formula is C23H22F3N5O. The van der Waals surface area contributed by atoms with Crippen LogP contribution in [0.5, 0.6) is 5.88 Å². The van der Waals surface area contributed by atoms with Crippen molar-refractivity contribution in [3.8, 4) is 11.6 Å². The van der Waals surface area contributed by atoms with Gasteiger partial charge in [-0.1, -0.05) is 18.2 Å². The van der Waals surface area contributed by atoms with Crippen LogP contribution in [-0.2, 0) is 6.18 Å². The zero-order valence-corrected chi connectivity index (χ0v) is 17.7. The third-order valence-corrected chi connectivity index (χ3v) is 6.03. The van der Waals surface area contributed by atoms with Gasteiger partial charge in [-0.2, -0.15) is 13.2 Å². The highest BCUT2D eigenvalue weighted by Gasteiger charge is 2.42. The SMILES string of the molecule is COc1nc(C2CN3CC[C@@H](c4ccccc4C(F)(F)F)C3=N2)ccc1-n1cnc(C)c1. The third-order valence-electron chi connectivity index (χ3n) is 6.03. The lowest BCUT2D eigenvalue weighted by Crippen LogP contribution is -2.24. The molecule has 3 aromatic rings. The van der Waals surface area contributed by atoms with Crippen molar-refractivity contribution in [3.05, 3.63) is 71.4 Å². The van der Waals surface area contributed by atoms with E-state index < -0.39 is 11.7 Å². The van der Waals surface area contributed by atoms with Crippen LogP contribution >= 0.6 is 0 Å². The summed E-state index contributed by atoms with van der Waals surface area (Å²) in [5.41, 5.74) is 2.08. The number of pyridine rings is 1. The van der Waals surface area contributed by atoms with Crippen LogP contribution < -0.4 is 4.74 Å². The topological polar surface area (TPSA) is 55.5 Å². The quantitative estimate of drug-likeness (QED) is 0.596. The molecule has 1 aromatic carbocycles. The number of nitrogens with zero attached hydrogens (tertiary/aromatic N) is 5. The van der Waals surface area contributed by atoms with Crippen molar-refractivity contribution < 1.29 is 17.9 Å². The second-order valence-corrected chi connectivity index (χ2v) is 8.06. The Morgan fingerprint density at radius 1 is 1.12 bits per heavy atom. The number of methoxy groups -OCH3 is 1. The average molecular weight is 441 g/mol. The maximum absolute atomic E-state index is 13.6. The summed E-state index contributed by atoms with van der Waals surface area (Å²) in [6.07, 6.45) is -0.190. The lowest BCUT2D eigenvalue weighted by molar-refractivity contribution is -0.138. The normalized spacial score (nSPS) is 20.4. The van der Waals surface area contributed by atoms with Gasteiger partial charge in [-0.3, -0.25) is 4.99 Å². The molecule has 0 aliphatic carbocycles. The first kappa shape index (κ1) is 20.5. The lowest BCUT2D eigenvalue weighted by atomic mass is 9.92. The fourth-order valence-corrected chi connectivity index (χ4v) is 4.56. The van der Waals surface area contributed by atoms with Gasteiger partial charge in [0.25, 0.3) is 0 Å². The molecular weight excluding hydrogens is 419 g/mol. The highest BCUT2D eigenvalue weighted by Crippen LogP contribution is 2.42. The average Bonchev–Trinajstić information content (AvgIpc) is 3.48. The van der Waals surface area contributed by atoms with E-state index in [9.17, 15) is 13.2 Å². The molecule has 9 heteroatoms. The van der Waals surface area contributed by atoms with Crippen LogP contribution in [0.4, 0.5) is 13.2 Å². The largest absolute Gasteiger partial charge is 0.479 e. The molecule has 0 bridgehead atoms. The molecule has 1 saturated heterocycles. The lowest BCUT2D eigenvalue weighted by Gasteiger charge is -2.18. The summed E-state index contributed by atoms with van der Waals surface area (Å²) in [6, 6.07) is 9.34. The van der Waals surface area contributed by atoms with Gasteiger partial charge in [0.05, 0.1) is 30.4 Å². The first-order chi connectivity index (χ1) is 15.3. The molecule has 1 unspecified atom stereocenters. The molecule has 2 aromatic heterocycles. The number of benzene rings is 1. The molecule has 0 radical (unpaired) electrons. The minimum absolute atomic E-state index is 0.252. The van der Waals surface area contributed by atoms with Crippen LogP contribution in [0.1, 0.15) is 40.9 Å². The molecule has 0 spiro atoms. The van der Waals surface area contributed by atoms with Crippen LogP contribution in [0.3, 0.4) is 0 Å². The van der Waals surface area contributed by atoms with E-state index in [1.165, 1.54) is 6.07 Å². The van der Waals surface area contributed by atoms with Gasteiger partial charge in [0, 0.05) is 25.2 Å². The van der Waals surface area contributed by atoms with Gasteiger partial charge in [0.15, 0.2) is 0 Å². The Hall–Kier alpha value is -3.36. The van der Waals surface area contributed by atoms with E-state index in [0.717, 1.165) is 23.1 Å². The van der Waals surface area contributed by atoms with Gasteiger partial charge in [0.1, 0.15) is 17.6 Å². The standard InChI is InChI=1S/C23H22F3N5O/c1-14-11-31(13-27-14)20-8-7-18(29-22(20)32-2)19-12-30-10-9-16(21(30)28-19)15-5-3-4-6-17(15)23(24,25)26/h3-8,11,13,16,19H,9-10,12H2,1-2H3/t16-,19?/m0/s1. The minimum Gasteiger partial charge on any atom is -0.479 e. The fraction of sp³-hybridized carbons (Fsp3) is 0.348. The Morgan fingerprint density at radius 3 is 2.66 bits per heavy atom. The highest BCUT2D eigenvalue weighted by molar-refractivity contribution is 5.92. The van der Waals surface area contributed by atoms with E-state index in [1.54, 1.807) is 25.6 Å². The molecule has 2 atom stereocenters. The summed E-state index contributed by atoms with van der Waals surface area (Å²) in [5.74, 6) is 0.792. The molecule has 166 valence electrons. The summed E-state index contributed by atoms with van der Waals surface area (Å²) < 4.78 is 48.0. The van der Waals surface area contributed by atoms with Gasteiger partial charge in [0.2, 0.25) is 5.88 Å². The van der Waals surface area contributed by atoms with Crippen molar-refractivity contribution >= 4 is 5.84 Å². The van der Waals surface area contributed by atoms with Crippen molar-refractivity contribution in [2.75, 3.05) is 20.2 Å².